The largest absolute Gasteiger partial charge is 0.376 e. The molecule has 2 rings (SSSR count). The van der Waals surface area contributed by atoms with Crippen molar-refractivity contribution in [2.45, 2.75) is 37.6 Å². The monoisotopic (exact) mass is 268 g/mol. The third-order valence-electron chi connectivity index (χ3n) is 2.96. The van der Waals surface area contributed by atoms with Gasteiger partial charge in [-0.25, -0.2) is 9.97 Å². The minimum atomic E-state index is 0.236. The van der Waals surface area contributed by atoms with Gasteiger partial charge in [0.1, 0.15) is 11.6 Å². The molecule has 2 N–H and O–H groups in total. The molecule has 1 aliphatic heterocycles. The lowest BCUT2D eigenvalue weighted by atomic mass is 10.1. The standard InChI is InChI=1S/C12H20N4OS/c1-4-13-10-7-11(16-12(15-10)18-3)14-9-5-6-17-8(9)2/h7-9H,4-6H2,1-3H3,(H2,13,14,15,16). The zero-order valence-electron chi connectivity index (χ0n) is 11.1. The highest BCUT2D eigenvalue weighted by Gasteiger charge is 2.24. The number of hydrogen-bond acceptors (Lipinski definition) is 6. The van der Waals surface area contributed by atoms with Gasteiger partial charge in [-0.05, 0) is 26.5 Å². The maximum Gasteiger partial charge on any atom is 0.191 e. The number of nitrogens with zero attached hydrogens (tertiary/aromatic N) is 2. The van der Waals surface area contributed by atoms with Crippen molar-refractivity contribution in [3.63, 3.8) is 0 Å². The quantitative estimate of drug-likeness (QED) is 0.631. The molecule has 0 aliphatic carbocycles. The van der Waals surface area contributed by atoms with Gasteiger partial charge in [0.25, 0.3) is 0 Å². The molecule has 2 unspecified atom stereocenters. The first-order valence-corrected chi connectivity index (χ1v) is 7.50. The van der Waals surface area contributed by atoms with Crippen LogP contribution in [0.5, 0.6) is 0 Å². The normalized spacial score (nSPS) is 23.1. The second-order valence-corrected chi connectivity index (χ2v) is 5.04. The van der Waals surface area contributed by atoms with Crippen LogP contribution in [0.25, 0.3) is 0 Å². The second-order valence-electron chi connectivity index (χ2n) is 4.27. The minimum absolute atomic E-state index is 0.236. The fourth-order valence-electron chi connectivity index (χ4n) is 1.97. The Bertz CT molecular complexity index is 402. The smallest absolute Gasteiger partial charge is 0.191 e. The van der Waals surface area contributed by atoms with E-state index >= 15 is 0 Å². The van der Waals surface area contributed by atoms with Crippen LogP contribution in [0.2, 0.25) is 0 Å². The van der Waals surface area contributed by atoms with Crippen LogP contribution < -0.4 is 10.6 Å². The van der Waals surface area contributed by atoms with Gasteiger partial charge in [0.2, 0.25) is 0 Å². The lowest BCUT2D eigenvalue weighted by Gasteiger charge is -2.17. The summed E-state index contributed by atoms with van der Waals surface area (Å²) >= 11 is 1.55. The maximum atomic E-state index is 5.55. The molecule has 100 valence electrons. The Morgan fingerprint density at radius 3 is 2.83 bits per heavy atom. The summed E-state index contributed by atoms with van der Waals surface area (Å²) in [4.78, 5) is 8.88. The first kappa shape index (κ1) is 13.4. The minimum Gasteiger partial charge on any atom is -0.376 e. The van der Waals surface area contributed by atoms with Gasteiger partial charge in [-0.3, -0.25) is 0 Å². The molecule has 1 aromatic rings. The molecule has 0 spiro atoms. The van der Waals surface area contributed by atoms with E-state index in [0.717, 1.165) is 36.4 Å². The van der Waals surface area contributed by atoms with E-state index in [1.165, 1.54) is 0 Å². The van der Waals surface area contributed by atoms with Crippen molar-refractivity contribution >= 4 is 23.4 Å². The fourth-order valence-corrected chi connectivity index (χ4v) is 2.35. The fraction of sp³-hybridized carbons (Fsp3) is 0.667. The van der Waals surface area contributed by atoms with Crippen molar-refractivity contribution in [1.29, 1.82) is 0 Å². The number of rotatable bonds is 5. The van der Waals surface area contributed by atoms with Crippen LogP contribution in [0, 0.1) is 0 Å². The first-order chi connectivity index (χ1) is 8.72. The number of thioether (sulfide) groups is 1. The van der Waals surface area contributed by atoms with Gasteiger partial charge in [-0.1, -0.05) is 11.8 Å². The molecule has 1 fully saturated rings. The highest BCUT2D eigenvalue weighted by Crippen LogP contribution is 2.21. The molecule has 1 aliphatic rings. The average Bonchev–Trinajstić information content (AvgIpc) is 2.75. The van der Waals surface area contributed by atoms with Crippen molar-refractivity contribution < 1.29 is 4.74 Å². The summed E-state index contributed by atoms with van der Waals surface area (Å²) in [5, 5.41) is 7.44. The first-order valence-electron chi connectivity index (χ1n) is 6.28. The Balaban J connectivity index is 2.12. The summed E-state index contributed by atoms with van der Waals surface area (Å²) in [5.74, 6) is 1.73. The van der Waals surface area contributed by atoms with Gasteiger partial charge in [0.15, 0.2) is 5.16 Å². The average molecular weight is 268 g/mol. The van der Waals surface area contributed by atoms with Crippen LogP contribution in [0.1, 0.15) is 20.3 Å². The zero-order valence-corrected chi connectivity index (χ0v) is 11.9. The summed E-state index contributed by atoms with van der Waals surface area (Å²) in [6.07, 6.45) is 3.24. The number of anilines is 2. The summed E-state index contributed by atoms with van der Waals surface area (Å²) in [7, 11) is 0. The molecule has 2 atom stereocenters. The van der Waals surface area contributed by atoms with E-state index in [4.69, 9.17) is 4.74 Å². The van der Waals surface area contributed by atoms with Crippen LogP contribution in [0.15, 0.2) is 11.2 Å². The Kier molecular flexibility index (Phi) is 4.66. The Hall–Kier alpha value is -1.01. The van der Waals surface area contributed by atoms with Crippen LogP contribution in [0.4, 0.5) is 11.6 Å². The molecule has 1 saturated heterocycles. The van der Waals surface area contributed by atoms with Gasteiger partial charge in [-0.2, -0.15) is 0 Å². The van der Waals surface area contributed by atoms with Crippen molar-refractivity contribution in [1.82, 2.24) is 9.97 Å². The Morgan fingerprint density at radius 1 is 1.44 bits per heavy atom. The van der Waals surface area contributed by atoms with Crippen LogP contribution in [-0.4, -0.2) is 41.5 Å². The van der Waals surface area contributed by atoms with Gasteiger partial charge in [0.05, 0.1) is 12.1 Å². The number of nitrogens with one attached hydrogen (secondary N) is 2. The highest BCUT2D eigenvalue weighted by molar-refractivity contribution is 7.98. The van der Waals surface area contributed by atoms with E-state index in [2.05, 4.69) is 34.4 Å². The van der Waals surface area contributed by atoms with Crippen molar-refractivity contribution in [3.05, 3.63) is 6.07 Å². The molecule has 0 amide bonds. The molecular formula is C12H20N4OS. The third-order valence-corrected chi connectivity index (χ3v) is 3.50. The second kappa shape index (κ2) is 6.24. The number of aromatic nitrogens is 2. The zero-order chi connectivity index (χ0) is 13.0. The molecule has 0 aromatic carbocycles. The lowest BCUT2D eigenvalue weighted by molar-refractivity contribution is 0.121. The van der Waals surface area contributed by atoms with Crippen molar-refractivity contribution in [2.24, 2.45) is 0 Å². The van der Waals surface area contributed by atoms with E-state index < -0.39 is 0 Å². The summed E-state index contributed by atoms with van der Waals surface area (Å²) in [6, 6.07) is 2.29. The third kappa shape index (κ3) is 3.26. The molecule has 5 nitrogen and oxygen atoms in total. The maximum absolute atomic E-state index is 5.55. The van der Waals surface area contributed by atoms with Crippen molar-refractivity contribution in [2.75, 3.05) is 30.0 Å². The molecular weight excluding hydrogens is 248 g/mol. The molecule has 0 radical (unpaired) electrons. The van der Waals surface area contributed by atoms with Gasteiger partial charge in [-0.15, -0.1) is 0 Å². The number of ether oxygens (including phenoxy) is 1. The van der Waals surface area contributed by atoms with E-state index in [9.17, 15) is 0 Å². The molecule has 1 aromatic heterocycles. The van der Waals surface area contributed by atoms with Crippen molar-refractivity contribution in [3.8, 4) is 0 Å². The lowest BCUT2D eigenvalue weighted by Crippen LogP contribution is -2.27. The van der Waals surface area contributed by atoms with Crippen LogP contribution >= 0.6 is 11.8 Å². The Labute approximate surface area is 112 Å². The number of hydrogen-bond donors (Lipinski definition) is 2. The SMILES string of the molecule is CCNc1cc(NC2CCOC2C)nc(SC)n1. The van der Waals surface area contributed by atoms with E-state index in [0.29, 0.717) is 6.04 Å². The predicted octanol–water partition coefficient (Wildman–Crippen LogP) is 2.22. The summed E-state index contributed by atoms with van der Waals surface area (Å²) in [6.45, 7) is 5.82. The van der Waals surface area contributed by atoms with Gasteiger partial charge >= 0.3 is 0 Å². The molecule has 2 heterocycles. The summed E-state index contributed by atoms with van der Waals surface area (Å²) < 4.78 is 5.55. The predicted molar refractivity (Wildman–Crippen MR) is 75.4 cm³/mol. The molecule has 0 bridgehead atoms. The van der Waals surface area contributed by atoms with Gasteiger partial charge in [0, 0.05) is 19.2 Å². The Morgan fingerprint density at radius 2 is 2.22 bits per heavy atom. The topological polar surface area (TPSA) is 59.1 Å². The van der Waals surface area contributed by atoms with Gasteiger partial charge < -0.3 is 15.4 Å². The molecule has 6 heteroatoms. The van der Waals surface area contributed by atoms with E-state index in [1.807, 2.05) is 12.3 Å². The molecule has 18 heavy (non-hydrogen) atoms. The van der Waals surface area contributed by atoms with Crippen LogP contribution in [0.3, 0.4) is 0 Å². The molecule has 0 saturated carbocycles. The highest BCUT2D eigenvalue weighted by atomic mass is 32.2. The van der Waals surface area contributed by atoms with E-state index in [1.54, 1.807) is 11.8 Å². The van der Waals surface area contributed by atoms with E-state index in [-0.39, 0.29) is 6.10 Å². The summed E-state index contributed by atoms with van der Waals surface area (Å²) in [5.41, 5.74) is 0. The van der Waals surface area contributed by atoms with Crippen LogP contribution in [-0.2, 0) is 4.74 Å².